The highest BCUT2D eigenvalue weighted by molar-refractivity contribution is 5.53. The lowest BCUT2D eigenvalue weighted by atomic mass is 9.95. The number of rotatable bonds is 5. The Bertz CT molecular complexity index is 358. The van der Waals surface area contributed by atoms with Gasteiger partial charge in [-0.15, -0.1) is 0 Å². The van der Waals surface area contributed by atoms with E-state index in [-0.39, 0.29) is 0 Å². The summed E-state index contributed by atoms with van der Waals surface area (Å²) in [6.07, 6.45) is 0. The van der Waals surface area contributed by atoms with E-state index in [9.17, 15) is 0 Å². The Labute approximate surface area is 106 Å². The van der Waals surface area contributed by atoms with E-state index in [0.29, 0.717) is 11.8 Å². The van der Waals surface area contributed by atoms with Crippen molar-refractivity contribution in [3.8, 4) is 0 Å². The summed E-state index contributed by atoms with van der Waals surface area (Å²) in [5.74, 6) is 1.19. The van der Waals surface area contributed by atoms with Crippen LogP contribution in [0.3, 0.4) is 0 Å². The van der Waals surface area contributed by atoms with Gasteiger partial charge in [-0.3, -0.25) is 0 Å². The van der Waals surface area contributed by atoms with Gasteiger partial charge in [0.1, 0.15) is 0 Å². The SMILES string of the molecule is Cc1ccc(N(C)CC(CN)C(C)C)c(C)c1. The number of benzene rings is 1. The highest BCUT2D eigenvalue weighted by Gasteiger charge is 2.15. The van der Waals surface area contributed by atoms with E-state index in [1.807, 2.05) is 0 Å². The summed E-state index contributed by atoms with van der Waals surface area (Å²) in [6.45, 7) is 10.6. The van der Waals surface area contributed by atoms with Gasteiger partial charge in [0.15, 0.2) is 0 Å². The average molecular weight is 234 g/mol. The molecule has 96 valence electrons. The molecule has 1 atom stereocenters. The molecule has 0 fully saturated rings. The van der Waals surface area contributed by atoms with Gasteiger partial charge in [-0.1, -0.05) is 31.5 Å². The second kappa shape index (κ2) is 6.06. The number of nitrogens with two attached hydrogens (primary N) is 1. The zero-order valence-electron chi connectivity index (χ0n) is 11.8. The van der Waals surface area contributed by atoms with Crippen LogP contribution < -0.4 is 10.6 Å². The molecule has 0 amide bonds. The maximum absolute atomic E-state index is 5.84. The van der Waals surface area contributed by atoms with Crippen molar-refractivity contribution in [1.29, 1.82) is 0 Å². The number of anilines is 1. The van der Waals surface area contributed by atoms with E-state index in [2.05, 4.69) is 57.8 Å². The van der Waals surface area contributed by atoms with E-state index in [0.717, 1.165) is 13.1 Å². The molecule has 0 heterocycles. The minimum absolute atomic E-state index is 0.556. The zero-order valence-corrected chi connectivity index (χ0v) is 11.8. The molecule has 1 unspecified atom stereocenters. The topological polar surface area (TPSA) is 29.3 Å². The fourth-order valence-corrected chi connectivity index (χ4v) is 2.24. The van der Waals surface area contributed by atoms with E-state index in [4.69, 9.17) is 5.73 Å². The molecule has 17 heavy (non-hydrogen) atoms. The average Bonchev–Trinajstić information content (AvgIpc) is 2.24. The van der Waals surface area contributed by atoms with Crippen LogP contribution in [-0.4, -0.2) is 20.1 Å². The van der Waals surface area contributed by atoms with Gasteiger partial charge in [0.05, 0.1) is 0 Å². The third-order valence-electron chi connectivity index (χ3n) is 3.52. The maximum Gasteiger partial charge on any atom is 0.0393 e. The minimum atomic E-state index is 0.556. The van der Waals surface area contributed by atoms with Crippen LogP contribution in [0.1, 0.15) is 25.0 Å². The van der Waals surface area contributed by atoms with Gasteiger partial charge < -0.3 is 10.6 Å². The van der Waals surface area contributed by atoms with Gasteiger partial charge >= 0.3 is 0 Å². The largest absolute Gasteiger partial charge is 0.374 e. The summed E-state index contributed by atoms with van der Waals surface area (Å²) >= 11 is 0. The highest BCUT2D eigenvalue weighted by atomic mass is 15.1. The molecule has 0 aromatic heterocycles. The first-order valence-corrected chi connectivity index (χ1v) is 6.44. The van der Waals surface area contributed by atoms with Crippen molar-refractivity contribution in [3.63, 3.8) is 0 Å². The van der Waals surface area contributed by atoms with E-state index in [1.165, 1.54) is 16.8 Å². The lowest BCUT2D eigenvalue weighted by Gasteiger charge is -2.28. The molecule has 2 nitrogen and oxygen atoms in total. The lowest BCUT2D eigenvalue weighted by Crippen LogP contribution is -2.33. The van der Waals surface area contributed by atoms with E-state index in [1.54, 1.807) is 0 Å². The molecule has 0 aliphatic rings. The van der Waals surface area contributed by atoms with Gasteiger partial charge in [-0.25, -0.2) is 0 Å². The van der Waals surface area contributed by atoms with Crippen molar-refractivity contribution >= 4 is 5.69 Å². The first-order chi connectivity index (χ1) is 7.95. The van der Waals surface area contributed by atoms with Gasteiger partial charge in [-0.05, 0) is 43.9 Å². The normalized spacial score (nSPS) is 12.9. The summed E-state index contributed by atoms with van der Waals surface area (Å²) < 4.78 is 0. The second-order valence-corrected chi connectivity index (χ2v) is 5.41. The maximum atomic E-state index is 5.84. The van der Waals surface area contributed by atoms with Gasteiger partial charge in [0, 0.05) is 19.3 Å². The van der Waals surface area contributed by atoms with Gasteiger partial charge in [0.25, 0.3) is 0 Å². The van der Waals surface area contributed by atoms with Crippen LogP contribution in [0.5, 0.6) is 0 Å². The number of hydrogen-bond acceptors (Lipinski definition) is 2. The summed E-state index contributed by atoms with van der Waals surface area (Å²) in [6, 6.07) is 6.61. The van der Waals surface area contributed by atoms with Crippen molar-refractivity contribution in [2.45, 2.75) is 27.7 Å². The van der Waals surface area contributed by atoms with Crippen molar-refractivity contribution in [1.82, 2.24) is 0 Å². The summed E-state index contributed by atoms with van der Waals surface area (Å²) in [4.78, 5) is 2.33. The van der Waals surface area contributed by atoms with Crippen molar-refractivity contribution < 1.29 is 0 Å². The smallest absolute Gasteiger partial charge is 0.0393 e. The Morgan fingerprint density at radius 1 is 1.24 bits per heavy atom. The van der Waals surface area contributed by atoms with Crippen LogP contribution in [0.25, 0.3) is 0 Å². The predicted molar refractivity (Wildman–Crippen MR) is 76.6 cm³/mol. The third-order valence-corrected chi connectivity index (χ3v) is 3.52. The van der Waals surface area contributed by atoms with E-state index >= 15 is 0 Å². The second-order valence-electron chi connectivity index (χ2n) is 5.41. The summed E-state index contributed by atoms with van der Waals surface area (Å²) in [5.41, 5.74) is 9.81. The van der Waals surface area contributed by atoms with Crippen LogP contribution in [-0.2, 0) is 0 Å². The van der Waals surface area contributed by atoms with Crippen molar-refractivity contribution in [2.24, 2.45) is 17.6 Å². The molecule has 0 saturated carbocycles. The first kappa shape index (κ1) is 14.0. The predicted octanol–water partition coefficient (Wildman–Crippen LogP) is 2.97. The van der Waals surface area contributed by atoms with Gasteiger partial charge in [0.2, 0.25) is 0 Å². The summed E-state index contributed by atoms with van der Waals surface area (Å²) in [5, 5.41) is 0. The van der Waals surface area contributed by atoms with Crippen molar-refractivity contribution in [3.05, 3.63) is 29.3 Å². The lowest BCUT2D eigenvalue weighted by molar-refractivity contribution is 0.397. The standard InChI is InChI=1S/C15H26N2/c1-11(2)14(9-16)10-17(5)15-7-6-12(3)8-13(15)4/h6-8,11,14H,9-10,16H2,1-5H3. The molecular formula is C15H26N2. The Balaban J connectivity index is 2.78. The molecule has 0 aliphatic carbocycles. The Morgan fingerprint density at radius 2 is 1.88 bits per heavy atom. The summed E-state index contributed by atoms with van der Waals surface area (Å²) in [7, 11) is 2.16. The molecule has 0 saturated heterocycles. The van der Waals surface area contributed by atoms with Gasteiger partial charge in [-0.2, -0.15) is 0 Å². The number of hydrogen-bond donors (Lipinski definition) is 1. The molecule has 0 radical (unpaired) electrons. The first-order valence-electron chi connectivity index (χ1n) is 6.44. The highest BCUT2D eigenvalue weighted by Crippen LogP contribution is 2.22. The fraction of sp³-hybridized carbons (Fsp3) is 0.600. The molecule has 2 heteroatoms. The molecule has 0 bridgehead atoms. The fourth-order valence-electron chi connectivity index (χ4n) is 2.24. The van der Waals surface area contributed by atoms with Crippen LogP contribution in [0.4, 0.5) is 5.69 Å². The van der Waals surface area contributed by atoms with Crippen LogP contribution in [0.2, 0.25) is 0 Å². The van der Waals surface area contributed by atoms with Crippen LogP contribution in [0.15, 0.2) is 18.2 Å². The molecule has 0 aliphatic heterocycles. The van der Waals surface area contributed by atoms with E-state index < -0.39 is 0 Å². The molecule has 1 rings (SSSR count). The van der Waals surface area contributed by atoms with Crippen LogP contribution in [0, 0.1) is 25.7 Å². The van der Waals surface area contributed by atoms with Crippen LogP contribution >= 0.6 is 0 Å². The third kappa shape index (κ3) is 3.74. The molecule has 0 spiro atoms. The minimum Gasteiger partial charge on any atom is -0.374 e. The molecule has 1 aromatic rings. The molecule has 1 aromatic carbocycles. The molecule has 2 N–H and O–H groups in total. The quantitative estimate of drug-likeness (QED) is 0.848. The Morgan fingerprint density at radius 3 is 2.35 bits per heavy atom. The Hall–Kier alpha value is -1.02. The van der Waals surface area contributed by atoms with Crippen molar-refractivity contribution in [2.75, 3.05) is 25.0 Å². The number of aryl methyl sites for hydroxylation is 2. The molecular weight excluding hydrogens is 208 g/mol. The zero-order chi connectivity index (χ0) is 13.0. The monoisotopic (exact) mass is 234 g/mol. The number of nitrogens with zero attached hydrogens (tertiary/aromatic N) is 1. The Kier molecular flexibility index (Phi) is 5.01.